The molecule has 116 valence electrons. The van der Waals surface area contributed by atoms with E-state index in [1.165, 1.54) is 43.5 Å². The van der Waals surface area contributed by atoms with Gasteiger partial charge in [0, 0.05) is 31.4 Å². The molecule has 2 fully saturated rings. The first-order valence-corrected chi connectivity index (χ1v) is 8.54. The molecule has 0 aromatic carbocycles. The smallest absolute Gasteiger partial charge is 0.129 e. The number of nitrogens with one attached hydrogen (secondary N) is 1. The van der Waals surface area contributed by atoms with Crippen LogP contribution in [0.3, 0.4) is 0 Å². The Morgan fingerprint density at radius 2 is 2.00 bits per heavy atom. The number of hydrogen-bond acceptors (Lipinski definition) is 3. The molecule has 1 saturated heterocycles. The van der Waals surface area contributed by atoms with Crippen LogP contribution >= 0.6 is 0 Å². The molecule has 21 heavy (non-hydrogen) atoms. The summed E-state index contributed by atoms with van der Waals surface area (Å²) in [5.74, 6) is 1.18. The van der Waals surface area contributed by atoms with Crippen LogP contribution in [0.2, 0.25) is 0 Å². The number of anilines is 1. The van der Waals surface area contributed by atoms with Crippen LogP contribution < -0.4 is 10.2 Å². The summed E-state index contributed by atoms with van der Waals surface area (Å²) in [5.41, 5.74) is 3.06. The second-order valence-corrected chi connectivity index (χ2v) is 7.28. The lowest BCUT2D eigenvalue weighted by molar-refractivity contribution is 0.238. The van der Waals surface area contributed by atoms with Crippen molar-refractivity contribution in [3.63, 3.8) is 0 Å². The molecule has 3 nitrogen and oxygen atoms in total. The lowest BCUT2D eigenvalue weighted by Crippen LogP contribution is -2.39. The predicted octanol–water partition coefficient (Wildman–Crippen LogP) is 3.66. The standard InChI is InChI=1S/C18H29N3/c1-4-18(3)7-9-21(10-8-18)17-12-15(11-14(2)20-17)13-19-16-5-6-16/h11-12,16,19H,4-10,13H2,1-3H3. The van der Waals surface area contributed by atoms with Gasteiger partial charge in [0.05, 0.1) is 0 Å². The Hall–Kier alpha value is -1.09. The van der Waals surface area contributed by atoms with E-state index < -0.39 is 0 Å². The first-order chi connectivity index (χ1) is 10.1. The van der Waals surface area contributed by atoms with Crippen molar-refractivity contribution in [3.05, 3.63) is 23.4 Å². The van der Waals surface area contributed by atoms with Crippen LogP contribution in [0.25, 0.3) is 0 Å². The zero-order valence-corrected chi connectivity index (χ0v) is 13.8. The number of aromatic nitrogens is 1. The van der Waals surface area contributed by atoms with E-state index in [9.17, 15) is 0 Å². The number of pyridine rings is 1. The maximum atomic E-state index is 4.77. The lowest BCUT2D eigenvalue weighted by atomic mass is 9.78. The molecule has 0 bridgehead atoms. The van der Waals surface area contributed by atoms with Gasteiger partial charge in [0.25, 0.3) is 0 Å². The highest BCUT2D eigenvalue weighted by molar-refractivity contribution is 5.43. The van der Waals surface area contributed by atoms with Crippen LogP contribution in [0.4, 0.5) is 5.82 Å². The van der Waals surface area contributed by atoms with Gasteiger partial charge in [0.2, 0.25) is 0 Å². The van der Waals surface area contributed by atoms with Crippen molar-refractivity contribution in [3.8, 4) is 0 Å². The summed E-state index contributed by atoms with van der Waals surface area (Å²) >= 11 is 0. The number of aryl methyl sites for hydroxylation is 1. The fraction of sp³-hybridized carbons (Fsp3) is 0.722. The molecular weight excluding hydrogens is 258 g/mol. The zero-order valence-electron chi connectivity index (χ0n) is 13.8. The first kappa shape index (κ1) is 14.8. The average molecular weight is 287 g/mol. The molecule has 3 heteroatoms. The van der Waals surface area contributed by atoms with Gasteiger partial charge >= 0.3 is 0 Å². The van der Waals surface area contributed by atoms with Crippen molar-refractivity contribution in [2.75, 3.05) is 18.0 Å². The quantitative estimate of drug-likeness (QED) is 0.896. The predicted molar refractivity (Wildman–Crippen MR) is 88.7 cm³/mol. The highest BCUT2D eigenvalue weighted by Gasteiger charge is 2.29. The third kappa shape index (κ3) is 3.76. The monoisotopic (exact) mass is 287 g/mol. The van der Waals surface area contributed by atoms with Crippen molar-refractivity contribution in [1.82, 2.24) is 10.3 Å². The third-order valence-electron chi connectivity index (χ3n) is 5.32. The minimum absolute atomic E-state index is 0.538. The molecule has 0 radical (unpaired) electrons. The average Bonchev–Trinajstić information content (AvgIpc) is 3.30. The van der Waals surface area contributed by atoms with E-state index in [1.54, 1.807) is 0 Å². The number of rotatable bonds is 5. The van der Waals surface area contributed by atoms with E-state index in [0.717, 1.165) is 31.4 Å². The summed E-state index contributed by atoms with van der Waals surface area (Å²) in [6.45, 7) is 10.2. The van der Waals surface area contributed by atoms with Crippen LogP contribution in [-0.4, -0.2) is 24.1 Å². The molecule has 1 aromatic heterocycles. The molecule has 0 atom stereocenters. The summed E-state index contributed by atoms with van der Waals surface area (Å²) in [4.78, 5) is 7.25. The van der Waals surface area contributed by atoms with Gasteiger partial charge in [-0.05, 0) is 55.7 Å². The van der Waals surface area contributed by atoms with Gasteiger partial charge in [-0.3, -0.25) is 0 Å². The van der Waals surface area contributed by atoms with Gasteiger partial charge in [-0.1, -0.05) is 20.3 Å². The van der Waals surface area contributed by atoms with Crippen LogP contribution in [0.5, 0.6) is 0 Å². The minimum atomic E-state index is 0.538. The highest BCUT2D eigenvalue weighted by atomic mass is 15.2. The van der Waals surface area contributed by atoms with Crippen molar-refractivity contribution in [1.29, 1.82) is 0 Å². The Kier molecular flexibility index (Phi) is 4.21. The van der Waals surface area contributed by atoms with Gasteiger partial charge in [0.15, 0.2) is 0 Å². The Labute approximate surface area is 129 Å². The fourth-order valence-corrected chi connectivity index (χ4v) is 3.16. The molecule has 0 spiro atoms. The van der Waals surface area contributed by atoms with E-state index in [-0.39, 0.29) is 0 Å². The van der Waals surface area contributed by atoms with Gasteiger partial charge in [-0.2, -0.15) is 0 Å². The van der Waals surface area contributed by atoms with Gasteiger partial charge in [0.1, 0.15) is 5.82 Å². The Morgan fingerprint density at radius 3 is 2.62 bits per heavy atom. The van der Waals surface area contributed by atoms with Gasteiger partial charge in [-0.25, -0.2) is 4.98 Å². The van der Waals surface area contributed by atoms with E-state index in [1.807, 2.05) is 0 Å². The third-order valence-corrected chi connectivity index (χ3v) is 5.32. The van der Waals surface area contributed by atoms with E-state index in [4.69, 9.17) is 4.98 Å². The van der Waals surface area contributed by atoms with Crippen molar-refractivity contribution < 1.29 is 0 Å². The molecule has 1 aromatic rings. The molecule has 1 N–H and O–H groups in total. The summed E-state index contributed by atoms with van der Waals surface area (Å²) in [6.07, 6.45) is 6.56. The second-order valence-electron chi connectivity index (χ2n) is 7.28. The Balaban J connectivity index is 1.66. The summed E-state index contributed by atoms with van der Waals surface area (Å²) in [6, 6.07) is 5.28. The molecule has 1 saturated carbocycles. The molecule has 2 heterocycles. The zero-order chi connectivity index (χ0) is 14.9. The minimum Gasteiger partial charge on any atom is -0.357 e. The summed E-state index contributed by atoms with van der Waals surface area (Å²) in [5, 5.41) is 3.61. The SMILES string of the molecule is CCC1(C)CCN(c2cc(CNC3CC3)cc(C)n2)CC1. The second kappa shape index (κ2) is 5.96. The Bertz CT molecular complexity index is 485. The van der Waals surface area contributed by atoms with Crippen LogP contribution in [0.15, 0.2) is 12.1 Å². The van der Waals surface area contributed by atoms with Crippen LogP contribution in [-0.2, 0) is 6.54 Å². The fourth-order valence-electron chi connectivity index (χ4n) is 3.16. The number of piperidine rings is 1. The molecular formula is C18H29N3. The van der Waals surface area contributed by atoms with E-state index >= 15 is 0 Å². The summed E-state index contributed by atoms with van der Waals surface area (Å²) in [7, 11) is 0. The van der Waals surface area contributed by atoms with Crippen molar-refractivity contribution in [2.45, 2.75) is 65.5 Å². The molecule has 1 aliphatic heterocycles. The van der Waals surface area contributed by atoms with Crippen molar-refractivity contribution >= 4 is 5.82 Å². The maximum Gasteiger partial charge on any atom is 0.129 e. The van der Waals surface area contributed by atoms with E-state index in [0.29, 0.717) is 5.41 Å². The van der Waals surface area contributed by atoms with E-state index in [2.05, 4.69) is 43.1 Å². The number of hydrogen-bond donors (Lipinski definition) is 1. The molecule has 0 unspecified atom stereocenters. The van der Waals surface area contributed by atoms with Gasteiger partial charge in [-0.15, -0.1) is 0 Å². The summed E-state index contributed by atoms with van der Waals surface area (Å²) < 4.78 is 0. The van der Waals surface area contributed by atoms with Crippen LogP contribution in [0, 0.1) is 12.3 Å². The highest BCUT2D eigenvalue weighted by Crippen LogP contribution is 2.35. The number of nitrogens with zero attached hydrogens (tertiary/aromatic N) is 2. The molecule has 0 amide bonds. The van der Waals surface area contributed by atoms with Crippen LogP contribution in [0.1, 0.15) is 57.2 Å². The van der Waals surface area contributed by atoms with Gasteiger partial charge < -0.3 is 10.2 Å². The lowest BCUT2D eigenvalue weighted by Gasteiger charge is -2.39. The maximum absolute atomic E-state index is 4.77. The molecule has 2 aliphatic rings. The molecule has 1 aliphatic carbocycles. The van der Waals surface area contributed by atoms with Crippen molar-refractivity contribution in [2.24, 2.45) is 5.41 Å². The Morgan fingerprint density at radius 1 is 1.29 bits per heavy atom. The normalized spacial score (nSPS) is 21.6. The largest absolute Gasteiger partial charge is 0.357 e. The topological polar surface area (TPSA) is 28.2 Å². The molecule has 3 rings (SSSR count). The first-order valence-electron chi connectivity index (χ1n) is 8.54.